The summed E-state index contributed by atoms with van der Waals surface area (Å²) in [5.41, 5.74) is 1.10. The Morgan fingerprint density at radius 1 is 1.38 bits per heavy atom. The summed E-state index contributed by atoms with van der Waals surface area (Å²) in [5.74, 6) is -1.58. The molecule has 0 aliphatic heterocycles. The van der Waals surface area contributed by atoms with Crippen molar-refractivity contribution in [3.05, 3.63) is 35.7 Å². The first-order chi connectivity index (χ1) is 11.3. The Labute approximate surface area is 134 Å². The second-order valence-electron chi connectivity index (χ2n) is 4.79. The molecule has 24 heavy (non-hydrogen) atoms. The zero-order chi connectivity index (χ0) is 17.7. The van der Waals surface area contributed by atoms with Gasteiger partial charge in [-0.15, -0.1) is 0 Å². The number of hydrogen-bond donors (Lipinski definition) is 1. The van der Waals surface area contributed by atoms with E-state index in [1.54, 1.807) is 25.2 Å². The van der Waals surface area contributed by atoms with Crippen molar-refractivity contribution in [3.8, 4) is 17.5 Å². The third kappa shape index (κ3) is 4.22. The molecule has 126 valence electrons. The first-order valence-corrected chi connectivity index (χ1v) is 6.67. The van der Waals surface area contributed by atoms with E-state index in [-0.39, 0.29) is 18.9 Å². The fourth-order valence-electron chi connectivity index (χ4n) is 1.81. The van der Waals surface area contributed by atoms with Crippen molar-refractivity contribution in [2.45, 2.75) is 12.7 Å². The van der Waals surface area contributed by atoms with Crippen molar-refractivity contribution in [2.75, 3.05) is 13.6 Å². The van der Waals surface area contributed by atoms with Crippen LogP contribution < -0.4 is 5.32 Å². The van der Waals surface area contributed by atoms with E-state index in [1.165, 1.54) is 17.0 Å². The Morgan fingerprint density at radius 3 is 2.58 bits per heavy atom. The number of rotatable bonds is 4. The predicted molar refractivity (Wildman–Crippen MR) is 75.2 cm³/mol. The molecule has 0 saturated carbocycles. The zero-order valence-corrected chi connectivity index (χ0v) is 12.5. The Morgan fingerprint density at radius 2 is 2.04 bits per heavy atom. The number of hydrogen-bond acceptors (Lipinski definition) is 5. The molecule has 0 bridgehead atoms. The second-order valence-corrected chi connectivity index (χ2v) is 4.79. The highest BCUT2D eigenvalue weighted by atomic mass is 19.4. The molecule has 2 aromatic rings. The van der Waals surface area contributed by atoms with Crippen LogP contribution in [0.15, 0.2) is 28.8 Å². The molecule has 0 fully saturated rings. The average molecular weight is 339 g/mol. The van der Waals surface area contributed by atoms with Crippen LogP contribution in [0.2, 0.25) is 0 Å². The topological polar surface area (TPSA) is 95.1 Å². The molecule has 2 amide bonds. The van der Waals surface area contributed by atoms with Crippen LogP contribution in [0, 0.1) is 11.3 Å². The van der Waals surface area contributed by atoms with E-state index in [1.807, 2.05) is 0 Å². The first kappa shape index (κ1) is 17.3. The lowest BCUT2D eigenvalue weighted by Crippen LogP contribution is -2.36. The molecular formula is C14H12F3N5O2. The number of carbonyl (C=O) groups is 1. The van der Waals surface area contributed by atoms with Crippen LogP contribution in [0.25, 0.3) is 11.4 Å². The standard InChI is InChI=1S/C14H12F3N5O2/c1-22(13(23)19-7-6-18)8-9-2-4-10(5-3-9)11-20-12(24-21-11)14(15,16)17/h2-5H,7-8H2,1H3,(H,19,23). The molecule has 1 aromatic heterocycles. The van der Waals surface area contributed by atoms with Gasteiger partial charge in [0.1, 0.15) is 6.54 Å². The molecule has 0 radical (unpaired) electrons. The molecule has 1 heterocycles. The zero-order valence-electron chi connectivity index (χ0n) is 12.5. The van der Waals surface area contributed by atoms with Gasteiger partial charge in [0, 0.05) is 19.2 Å². The van der Waals surface area contributed by atoms with E-state index in [9.17, 15) is 18.0 Å². The van der Waals surface area contributed by atoms with Crippen molar-refractivity contribution < 1.29 is 22.5 Å². The lowest BCUT2D eigenvalue weighted by molar-refractivity contribution is -0.159. The number of nitrogens with zero attached hydrogens (tertiary/aromatic N) is 4. The number of halogens is 3. The Balaban J connectivity index is 2.04. The van der Waals surface area contributed by atoms with E-state index in [0.29, 0.717) is 5.56 Å². The van der Waals surface area contributed by atoms with Gasteiger partial charge in [0.15, 0.2) is 0 Å². The van der Waals surface area contributed by atoms with Crippen LogP contribution in [-0.2, 0) is 12.7 Å². The third-order valence-electron chi connectivity index (χ3n) is 2.97. The summed E-state index contributed by atoms with van der Waals surface area (Å²) >= 11 is 0. The van der Waals surface area contributed by atoms with E-state index < -0.39 is 18.1 Å². The normalized spacial score (nSPS) is 11.0. The SMILES string of the molecule is CN(Cc1ccc(-c2noc(C(F)(F)F)n2)cc1)C(=O)NCC#N. The summed E-state index contributed by atoms with van der Waals surface area (Å²) in [5, 5.41) is 14.1. The van der Waals surface area contributed by atoms with E-state index >= 15 is 0 Å². The van der Waals surface area contributed by atoms with E-state index in [4.69, 9.17) is 5.26 Å². The predicted octanol–water partition coefficient (Wildman–Crippen LogP) is 2.42. The minimum atomic E-state index is -4.69. The molecule has 0 spiro atoms. The van der Waals surface area contributed by atoms with Crippen LogP contribution in [0.1, 0.15) is 11.5 Å². The van der Waals surface area contributed by atoms with Gasteiger partial charge < -0.3 is 14.7 Å². The number of carbonyl (C=O) groups excluding carboxylic acids is 1. The lowest BCUT2D eigenvalue weighted by Gasteiger charge is -2.17. The lowest BCUT2D eigenvalue weighted by atomic mass is 10.1. The van der Waals surface area contributed by atoms with Crippen LogP contribution in [0.4, 0.5) is 18.0 Å². The van der Waals surface area contributed by atoms with Gasteiger partial charge in [-0.2, -0.15) is 23.4 Å². The number of nitrogens with one attached hydrogen (secondary N) is 1. The van der Waals surface area contributed by atoms with E-state index in [0.717, 1.165) is 5.56 Å². The average Bonchev–Trinajstić information content (AvgIpc) is 3.03. The summed E-state index contributed by atoms with van der Waals surface area (Å²) < 4.78 is 41.5. The number of alkyl halides is 3. The van der Waals surface area contributed by atoms with Crippen LogP contribution in [-0.4, -0.2) is 34.7 Å². The molecule has 7 nitrogen and oxygen atoms in total. The highest BCUT2D eigenvalue weighted by Gasteiger charge is 2.38. The van der Waals surface area contributed by atoms with Gasteiger partial charge in [-0.25, -0.2) is 4.79 Å². The van der Waals surface area contributed by atoms with Gasteiger partial charge in [0.05, 0.1) is 6.07 Å². The van der Waals surface area contributed by atoms with Crippen LogP contribution in [0.3, 0.4) is 0 Å². The maximum absolute atomic E-state index is 12.4. The maximum atomic E-state index is 12.4. The highest BCUT2D eigenvalue weighted by molar-refractivity contribution is 5.74. The summed E-state index contributed by atoms with van der Waals surface area (Å²) in [7, 11) is 1.55. The van der Waals surface area contributed by atoms with Gasteiger partial charge in [-0.3, -0.25) is 0 Å². The molecule has 0 unspecified atom stereocenters. The molecular weight excluding hydrogens is 327 g/mol. The quantitative estimate of drug-likeness (QED) is 0.863. The van der Waals surface area contributed by atoms with Gasteiger partial charge in [0.2, 0.25) is 5.82 Å². The fraction of sp³-hybridized carbons (Fsp3) is 0.286. The van der Waals surface area contributed by atoms with Crippen LogP contribution in [0.5, 0.6) is 0 Å². The fourth-order valence-corrected chi connectivity index (χ4v) is 1.81. The molecule has 0 aliphatic rings. The molecule has 0 atom stereocenters. The Kier molecular flexibility index (Phi) is 5.03. The van der Waals surface area contributed by atoms with Crippen LogP contribution >= 0.6 is 0 Å². The second kappa shape index (κ2) is 6.99. The number of aromatic nitrogens is 2. The van der Waals surface area contributed by atoms with Crippen molar-refractivity contribution in [1.29, 1.82) is 5.26 Å². The third-order valence-corrected chi connectivity index (χ3v) is 2.97. The molecule has 0 aliphatic carbocycles. The van der Waals surface area contributed by atoms with Gasteiger partial charge in [0.25, 0.3) is 0 Å². The smallest absolute Gasteiger partial charge is 0.329 e. The van der Waals surface area contributed by atoms with Gasteiger partial charge >= 0.3 is 18.1 Å². The highest BCUT2D eigenvalue weighted by Crippen LogP contribution is 2.29. The van der Waals surface area contributed by atoms with Crippen molar-refractivity contribution in [1.82, 2.24) is 20.4 Å². The molecule has 1 aromatic carbocycles. The molecule has 0 saturated heterocycles. The summed E-state index contributed by atoms with van der Waals surface area (Å²) in [6.45, 7) is 0.166. The summed E-state index contributed by atoms with van der Waals surface area (Å²) in [4.78, 5) is 16.3. The molecule has 2 rings (SSSR count). The minimum Gasteiger partial charge on any atom is -0.329 e. The number of amides is 2. The first-order valence-electron chi connectivity index (χ1n) is 6.67. The Bertz CT molecular complexity index is 749. The summed E-state index contributed by atoms with van der Waals surface area (Å²) in [6, 6.07) is 7.71. The Hall–Kier alpha value is -3.09. The summed E-state index contributed by atoms with van der Waals surface area (Å²) in [6.07, 6.45) is -4.69. The van der Waals surface area contributed by atoms with E-state index in [2.05, 4.69) is 20.0 Å². The van der Waals surface area contributed by atoms with Crippen molar-refractivity contribution >= 4 is 6.03 Å². The number of urea groups is 1. The number of benzene rings is 1. The maximum Gasteiger partial charge on any atom is 0.471 e. The van der Waals surface area contributed by atoms with Gasteiger partial charge in [-0.1, -0.05) is 29.4 Å². The van der Waals surface area contributed by atoms with Gasteiger partial charge in [-0.05, 0) is 5.56 Å². The monoisotopic (exact) mass is 339 g/mol. The minimum absolute atomic E-state index is 0.0958. The largest absolute Gasteiger partial charge is 0.471 e. The van der Waals surface area contributed by atoms with Crippen molar-refractivity contribution in [3.63, 3.8) is 0 Å². The van der Waals surface area contributed by atoms with Crippen molar-refractivity contribution in [2.24, 2.45) is 0 Å². The number of nitriles is 1. The molecule has 1 N–H and O–H groups in total. The molecule has 10 heteroatoms.